The van der Waals surface area contributed by atoms with E-state index in [4.69, 9.17) is 17.3 Å². The number of sulfonamides is 1. The Kier molecular flexibility index (Phi) is 4.40. The van der Waals surface area contributed by atoms with E-state index in [1.54, 1.807) is 18.2 Å². The van der Waals surface area contributed by atoms with Gasteiger partial charge in [-0.05, 0) is 18.2 Å². The van der Waals surface area contributed by atoms with E-state index >= 15 is 0 Å². The molecule has 5 nitrogen and oxygen atoms in total. The zero-order valence-corrected chi connectivity index (χ0v) is 10.4. The quantitative estimate of drug-likeness (QED) is 0.544. The van der Waals surface area contributed by atoms with Gasteiger partial charge in [0.1, 0.15) is 0 Å². The zero-order chi connectivity index (χ0) is 12.2. The topological polar surface area (TPSA) is 84.2 Å². The molecule has 0 aromatic heterocycles. The SMILES string of the molecule is CS(=O)(=O)NCCNc1ccc(Cl)cc1N. The summed E-state index contributed by atoms with van der Waals surface area (Å²) in [7, 11) is -3.14. The van der Waals surface area contributed by atoms with Crippen molar-refractivity contribution in [1.29, 1.82) is 0 Å². The van der Waals surface area contributed by atoms with E-state index in [2.05, 4.69) is 10.0 Å². The van der Waals surface area contributed by atoms with E-state index < -0.39 is 10.0 Å². The lowest BCUT2D eigenvalue weighted by Gasteiger charge is -2.09. The molecule has 0 aliphatic heterocycles. The fourth-order valence-electron chi connectivity index (χ4n) is 1.13. The smallest absolute Gasteiger partial charge is 0.208 e. The van der Waals surface area contributed by atoms with Gasteiger partial charge >= 0.3 is 0 Å². The normalized spacial score (nSPS) is 11.4. The molecule has 0 amide bonds. The first kappa shape index (κ1) is 13.1. The Morgan fingerprint density at radius 3 is 2.62 bits per heavy atom. The lowest BCUT2D eigenvalue weighted by Crippen LogP contribution is -2.27. The van der Waals surface area contributed by atoms with E-state index in [-0.39, 0.29) is 0 Å². The molecule has 0 spiro atoms. The lowest BCUT2D eigenvalue weighted by atomic mass is 10.2. The summed E-state index contributed by atoms with van der Waals surface area (Å²) in [6.07, 6.45) is 1.11. The number of anilines is 2. The van der Waals surface area contributed by atoms with Crippen molar-refractivity contribution in [3.05, 3.63) is 23.2 Å². The second-order valence-corrected chi connectivity index (χ2v) is 5.59. The van der Waals surface area contributed by atoms with Crippen LogP contribution in [0.2, 0.25) is 5.02 Å². The van der Waals surface area contributed by atoms with Crippen molar-refractivity contribution in [2.45, 2.75) is 0 Å². The Morgan fingerprint density at radius 2 is 2.06 bits per heavy atom. The highest BCUT2D eigenvalue weighted by Crippen LogP contribution is 2.22. The largest absolute Gasteiger partial charge is 0.397 e. The van der Waals surface area contributed by atoms with Gasteiger partial charge < -0.3 is 11.1 Å². The van der Waals surface area contributed by atoms with Crippen LogP contribution in [0.5, 0.6) is 0 Å². The summed E-state index contributed by atoms with van der Waals surface area (Å²) >= 11 is 5.74. The van der Waals surface area contributed by atoms with Crippen molar-refractivity contribution in [1.82, 2.24) is 4.72 Å². The van der Waals surface area contributed by atoms with E-state index in [1.165, 1.54) is 0 Å². The van der Waals surface area contributed by atoms with Crippen molar-refractivity contribution in [3.8, 4) is 0 Å². The second-order valence-electron chi connectivity index (χ2n) is 3.32. The van der Waals surface area contributed by atoms with E-state index in [9.17, 15) is 8.42 Å². The third-order valence-corrected chi connectivity index (χ3v) is 2.78. The van der Waals surface area contributed by atoms with Gasteiger partial charge in [0.15, 0.2) is 0 Å². The van der Waals surface area contributed by atoms with Gasteiger partial charge in [0.2, 0.25) is 10.0 Å². The van der Waals surface area contributed by atoms with E-state index in [1.807, 2.05) is 0 Å². The highest BCUT2D eigenvalue weighted by molar-refractivity contribution is 7.88. The molecule has 0 saturated carbocycles. The fraction of sp³-hybridized carbons (Fsp3) is 0.333. The summed E-state index contributed by atoms with van der Waals surface area (Å²) in [5.41, 5.74) is 6.97. The lowest BCUT2D eigenvalue weighted by molar-refractivity contribution is 0.589. The molecule has 0 atom stereocenters. The highest BCUT2D eigenvalue weighted by atomic mass is 35.5. The number of nitrogens with one attached hydrogen (secondary N) is 2. The first-order chi connectivity index (χ1) is 7.38. The molecule has 90 valence electrons. The number of nitrogen functional groups attached to an aromatic ring is 1. The van der Waals surface area contributed by atoms with Gasteiger partial charge in [0.25, 0.3) is 0 Å². The Balaban J connectivity index is 2.43. The van der Waals surface area contributed by atoms with Gasteiger partial charge in [-0.15, -0.1) is 0 Å². The first-order valence-electron chi connectivity index (χ1n) is 4.62. The molecule has 0 unspecified atom stereocenters. The highest BCUT2D eigenvalue weighted by Gasteiger charge is 2.01. The standard InChI is InChI=1S/C9H14ClN3O2S/c1-16(14,15)13-5-4-12-9-3-2-7(10)6-8(9)11/h2-3,6,12-13H,4-5,11H2,1H3. The molecule has 7 heteroatoms. The predicted molar refractivity (Wildman–Crippen MR) is 67.2 cm³/mol. The summed E-state index contributed by atoms with van der Waals surface area (Å²) in [6.45, 7) is 0.764. The predicted octanol–water partition coefficient (Wildman–Crippen LogP) is 0.883. The summed E-state index contributed by atoms with van der Waals surface area (Å²) in [5, 5.41) is 3.57. The molecular formula is C9H14ClN3O2S. The van der Waals surface area contributed by atoms with Gasteiger partial charge in [0.05, 0.1) is 17.6 Å². The third kappa shape index (κ3) is 4.69. The van der Waals surface area contributed by atoms with Gasteiger partial charge in [0, 0.05) is 18.1 Å². The maximum atomic E-state index is 10.8. The number of halogens is 1. The number of rotatable bonds is 5. The molecule has 0 aliphatic carbocycles. The summed E-state index contributed by atoms with van der Waals surface area (Å²) in [5.74, 6) is 0. The average Bonchev–Trinajstić information content (AvgIpc) is 2.13. The number of benzene rings is 1. The molecule has 0 saturated heterocycles. The average molecular weight is 264 g/mol. The van der Waals surface area contributed by atoms with Crippen molar-refractivity contribution in [2.75, 3.05) is 30.4 Å². The molecule has 0 radical (unpaired) electrons. The minimum Gasteiger partial charge on any atom is -0.397 e. The fourth-order valence-corrected chi connectivity index (χ4v) is 1.78. The monoisotopic (exact) mass is 263 g/mol. The Hall–Kier alpha value is -0.980. The van der Waals surface area contributed by atoms with E-state index in [0.717, 1.165) is 11.9 Å². The molecule has 0 heterocycles. The summed E-state index contributed by atoms with van der Waals surface area (Å²) in [6, 6.07) is 5.09. The molecule has 0 bridgehead atoms. The van der Waals surface area contributed by atoms with Crippen molar-refractivity contribution >= 4 is 33.0 Å². The van der Waals surface area contributed by atoms with Crippen molar-refractivity contribution in [2.24, 2.45) is 0 Å². The van der Waals surface area contributed by atoms with Crippen LogP contribution in [0.15, 0.2) is 18.2 Å². The molecule has 1 aromatic rings. The maximum Gasteiger partial charge on any atom is 0.208 e. The van der Waals surface area contributed by atoms with Crippen LogP contribution in [0.4, 0.5) is 11.4 Å². The molecular weight excluding hydrogens is 250 g/mol. The van der Waals surface area contributed by atoms with Crippen LogP contribution in [-0.2, 0) is 10.0 Å². The van der Waals surface area contributed by atoms with Crippen LogP contribution < -0.4 is 15.8 Å². The maximum absolute atomic E-state index is 10.8. The van der Waals surface area contributed by atoms with Crippen molar-refractivity contribution in [3.63, 3.8) is 0 Å². The Labute approximate surface area is 100 Å². The first-order valence-corrected chi connectivity index (χ1v) is 6.89. The molecule has 1 aromatic carbocycles. The van der Waals surface area contributed by atoms with Gasteiger partial charge in [-0.1, -0.05) is 11.6 Å². The zero-order valence-electron chi connectivity index (χ0n) is 8.83. The number of hydrogen-bond donors (Lipinski definition) is 3. The minimum atomic E-state index is -3.14. The van der Waals surface area contributed by atoms with Crippen LogP contribution in [0.3, 0.4) is 0 Å². The molecule has 0 fully saturated rings. The van der Waals surface area contributed by atoms with Gasteiger partial charge in [-0.3, -0.25) is 0 Å². The van der Waals surface area contributed by atoms with Gasteiger partial charge in [-0.25, -0.2) is 13.1 Å². The third-order valence-electron chi connectivity index (χ3n) is 1.82. The summed E-state index contributed by atoms with van der Waals surface area (Å²) < 4.78 is 23.9. The number of nitrogens with two attached hydrogens (primary N) is 1. The van der Waals surface area contributed by atoms with Crippen LogP contribution in [0.25, 0.3) is 0 Å². The Morgan fingerprint density at radius 1 is 1.38 bits per heavy atom. The summed E-state index contributed by atoms with van der Waals surface area (Å²) in [4.78, 5) is 0. The van der Waals surface area contributed by atoms with Crippen LogP contribution >= 0.6 is 11.6 Å². The Bertz CT molecular complexity index is 462. The van der Waals surface area contributed by atoms with Crippen LogP contribution in [0, 0.1) is 0 Å². The molecule has 16 heavy (non-hydrogen) atoms. The molecule has 1 rings (SSSR count). The van der Waals surface area contributed by atoms with Crippen LogP contribution in [0.1, 0.15) is 0 Å². The van der Waals surface area contributed by atoms with E-state index in [0.29, 0.717) is 23.8 Å². The molecule has 4 N–H and O–H groups in total. The minimum absolute atomic E-state index is 0.306. The second kappa shape index (κ2) is 5.38. The molecule has 0 aliphatic rings. The van der Waals surface area contributed by atoms with Crippen LogP contribution in [-0.4, -0.2) is 27.8 Å². The van der Waals surface area contributed by atoms with Gasteiger partial charge in [-0.2, -0.15) is 0 Å². The number of hydrogen-bond acceptors (Lipinski definition) is 4. The van der Waals surface area contributed by atoms with Crippen molar-refractivity contribution < 1.29 is 8.42 Å².